The Hall–Kier alpha value is 0.584. The van der Waals surface area contributed by atoms with Crippen molar-refractivity contribution in [2.75, 3.05) is 19.8 Å². The van der Waals surface area contributed by atoms with Crippen LogP contribution in [-0.2, 0) is 25.9 Å². The van der Waals surface area contributed by atoms with E-state index in [1.54, 1.807) is 0 Å². The fourth-order valence-corrected chi connectivity index (χ4v) is 20.2. The highest BCUT2D eigenvalue weighted by atomic mass is 28.5. The molecule has 2 heterocycles. The average Bonchev–Trinajstić information content (AvgIpc) is 3.36. The van der Waals surface area contributed by atoms with Gasteiger partial charge in [-0.2, -0.15) is 0 Å². The first-order chi connectivity index (χ1) is 13.2. The predicted octanol–water partition coefficient (Wildman–Crippen LogP) is 3.76. The summed E-state index contributed by atoms with van der Waals surface area (Å²) in [6, 6.07) is 4.27. The molecule has 2 aliphatic rings. The molecule has 0 amide bonds. The molecule has 2 rings (SSSR count). The molecular formula is C17H36O6Si5. The minimum absolute atomic E-state index is 0.320. The number of epoxide rings is 1. The summed E-state index contributed by atoms with van der Waals surface area (Å²) in [5, 5.41) is 0. The van der Waals surface area contributed by atoms with Gasteiger partial charge in [0.1, 0.15) is 6.10 Å². The summed E-state index contributed by atoms with van der Waals surface area (Å²) >= 11 is 0. The number of allylic oxidation sites excluding steroid dienone is 1. The van der Waals surface area contributed by atoms with Crippen LogP contribution in [0.5, 0.6) is 0 Å². The Morgan fingerprint density at radius 1 is 1.14 bits per heavy atom. The van der Waals surface area contributed by atoms with Gasteiger partial charge in [0.25, 0.3) is 0 Å². The molecule has 3 atom stereocenters. The summed E-state index contributed by atoms with van der Waals surface area (Å²) in [6.45, 7) is 16.9. The molecule has 3 unspecified atom stereocenters. The summed E-state index contributed by atoms with van der Waals surface area (Å²) in [5.41, 5.74) is 1.27. The molecule has 0 aromatic rings. The van der Waals surface area contributed by atoms with Gasteiger partial charge < -0.3 is 25.9 Å². The molecule has 0 bridgehead atoms. The van der Waals surface area contributed by atoms with Crippen LogP contribution < -0.4 is 0 Å². The number of rotatable bonds is 12. The van der Waals surface area contributed by atoms with E-state index in [1.165, 1.54) is 11.6 Å². The molecule has 0 aliphatic carbocycles. The van der Waals surface area contributed by atoms with Crippen molar-refractivity contribution in [3.05, 3.63) is 12.2 Å². The van der Waals surface area contributed by atoms with Gasteiger partial charge in [0.2, 0.25) is 0 Å². The third kappa shape index (κ3) is 10.1. The zero-order valence-corrected chi connectivity index (χ0v) is 23.1. The summed E-state index contributed by atoms with van der Waals surface area (Å²) < 4.78 is 36.6. The lowest BCUT2D eigenvalue weighted by Crippen LogP contribution is -2.59. The minimum atomic E-state index is -2.34. The van der Waals surface area contributed by atoms with Crippen LogP contribution >= 0.6 is 0 Å². The van der Waals surface area contributed by atoms with Crippen LogP contribution in [0.4, 0.5) is 0 Å². The predicted molar refractivity (Wildman–Crippen MR) is 120 cm³/mol. The molecule has 11 heteroatoms. The van der Waals surface area contributed by atoms with E-state index in [-0.39, 0.29) is 0 Å². The second kappa shape index (κ2) is 11.8. The van der Waals surface area contributed by atoms with Gasteiger partial charge in [0, 0.05) is 16.1 Å². The smallest absolute Gasteiger partial charge is 0.362 e. The largest absolute Gasteiger partial charge is 0.416 e. The van der Waals surface area contributed by atoms with Crippen molar-refractivity contribution < 1.29 is 25.9 Å². The average molecular weight is 477 g/mol. The number of ether oxygens (including phenoxy) is 2. The topological polar surface area (TPSA) is 58.7 Å². The fraction of sp³-hybridized carbons (Fsp3) is 0.882. The summed E-state index contributed by atoms with van der Waals surface area (Å²) in [4.78, 5) is 0. The highest BCUT2D eigenvalue weighted by Gasteiger charge is 2.47. The Balaban J connectivity index is 1.85. The van der Waals surface area contributed by atoms with Crippen molar-refractivity contribution in [1.29, 1.82) is 0 Å². The molecular weight excluding hydrogens is 441 g/mol. The van der Waals surface area contributed by atoms with Crippen LogP contribution in [0, 0.1) is 0 Å². The lowest BCUT2D eigenvalue weighted by Gasteiger charge is -2.42. The van der Waals surface area contributed by atoms with Crippen molar-refractivity contribution in [2.45, 2.75) is 76.2 Å². The Kier molecular flexibility index (Phi) is 10.5. The van der Waals surface area contributed by atoms with E-state index in [2.05, 4.69) is 39.7 Å². The second-order valence-electron chi connectivity index (χ2n) is 8.03. The van der Waals surface area contributed by atoms with Crippen LogP contribution in [0.2, 0.25) is 50.4 Å². The zero-order chi connectivity index (χ0) is 20.6. The van der Waals surface area contributed by atoms with E-state index in [0.717, 1.165) is 53.7 Å². The molecule has 160 valence electrons. The third-order valence-corrected chi connectivity index (χ3v) is 20.1. The molecule has 2 fully saturated rings. The van der Waals surface area contributed by atoms with Crippen molar-refractivity contribution in [3.63, 3.8) is 0 Å². The molecule has 0 aromatic heterocycles. The maximum atomic E-state index is 6.78. The van der Waals surface area contributed by atoms with Crippen LogP contribution in [0.15, 0.2) is 12.2 Å². The Morgan fingerprint density at radius 3 is 2.32 bits per heavy atom. The van der Waals surface area contributed by atoms with E-state index in [1.807, 2.05) is 0 Å². The van der Waals surface area contributed by atoms with Crippen LogP contribution in [0.25, 0.3) is 0 Å². The molecule has 4 radical (unpaired) electrons. The summed E-state index contributed by atoms with van der Waals surface area (Å²) in [7, 11) is -6.35. The minimum Gasteiger partial charge on any atom is -0.416 e. The van der Waals surface area contributed by atoms with Gasteiger partial charge in [-0.1, -0.05) is 18.0 Å². The maximum absolute atomic E-state index is 6.78. The standard InChI is InChI=1S/C17H36O6Si5/c1-16(2)15-24-10-8-12-28(6)22-26(4)20-25(3)21-27(5,23-28)11-7-9-18-13-17-14-19-17/h17H,1,7-15H2,2-6H3. The van der Waals surface area contributed by atoms with Gasteiger partial charge in [-0.15, -0.1) is 6.58 Å². The molecule has 0 saturated carbocycles. The molecule has 0 spiro atoms. The lowest BCUT2D eigenvalue weighted by atomic mass is 10.4. The first-order valence-corrected chi connectivity index (χ1v) is 20.3. The van der Waals surface area contributed by atoms with Gasteiger partial charge in [0.15, 0.2) is 0 Å². The van der Waals surface area contributed by atoms with E-state index < -0.39 is 35.7 Å². The Morgan fingerprint density at radius 2 is 1.75 bits per heavy atom. The van der Waals surface area contributed by atoms with Crippen molar-refractivity contribution in [3.8, 4) is 0 Å². The highest BCUT2D eigenvalue weighted by Crippen LogP contribution is 2.30. The zero-order valence-electron chi connectivity index (χ0n) is 18.1. The number of hydrogen-bond donors (Lipinski definition) is 0. The lowest BCUT2D eigenvalue weighted by molar-refractivity contribution is 0.115. The normalized spacial score (nSPS) is 32.1. The molecule has 0 aromatic carbocycles. The highest BCUT2D eigenvalue weighted by molar-refractivity contribution is 6.86. The molecule has 28 heavy (non-hydrogen) atoms. The summed E-state index contributed by atoms with van der Waals surface area (Å²) in [5.74, 6) is 0. The van der Waals surface area contributed by atoms with Crippen LogP contribution in [-0.4, -0.2) is 71.1 Å². The Labute approximate surface area is 179 Å². The van der Waals surface area contributed by atoms with E-state index in [9.17, 15) is 0 Å². The van der Waals surface area contributed by atoms with Gasteiger partial charge >= 0.3 is 35.7 Å². The Bertz CT molecular complexity index is 497. The van der Waals surface area contributed by atoms with Gasteiger partial charge in [-0.25, -0.2) is 0 Å². The maximum Gasteiger partial charge on any atom is 0.362 e. The second-order valence-corrected chi connectivity index (χ2v) is 20.2. The monoisotopic (exact) mass is 476 g/mol. The first-order valence-electron chi connectivity index (χ1n) is 10.2. The SMILES string of the molecule is C=C(C)C[Si]CCC[Si]1(C)O[Si](C)O[Si](C)O[Si](C)(CCCOCC2CO2)O1. The van der Waals surface area contributed by atoms with Crippen molar-refractivity contribution in [2.24, 2.45) is 0 Å². The van der Waals surface area contributed by atoms with E-state index in [4.69, 9.17) is 25.9 Å². The van der Waals surface area contributed by atoms with Gasteiger partial charge in [0.05, 0.1) is 13.2 Å². The molecule has 2 saturated heterocycles. The van der Waals surface area contributed by atoms with Crippen molar-refractivity contribution in [1.82, 2.24) is 0 Å². The van der Waals surface area contributed by atoms with E-state index >= 15 is 0 Å². The molecule has 2 aliphatic heterocycles. The van der Waals surface area contributed by atoms with Crippen LogP contribution in [0.3, 0.4) is 0 Å². The van der Waals surface area contributed by atoms with Gasteiger partial charge in [-0.3, -0.25) is 0 Å². The molecule has 0 N–H and O–H groups in total. The quantitative estimate of drug-likeness (QED) is 0.185. The number of hydrogen-bond acceptors (Lipinski definition) is 6. The molecule has 6 nitrogen and oxygen atoms in total. The fourth-order valence-electron chi connectivity index (χ4n) is 3.27. The van der Waals surface area contributed by atoms with Crippen molar-refractivity contribution >= 4 is 45.2 Å². The summed E-state index contributed by atoms with van der Waals surface area (Å²) in [6.07, 6.45) is 2.40. The van der Waals surface area contributed by atoms with E-state index in [0.29, 0.717) is 12.7 Å². The van der Waals surface area contributed by atoms with Crippen LogP contribution in [0.1, 0.15) is 19.8 Å². The first kappa shape index (κ1) is 24.9. The third-order valence-electron chi connectivity index (χ3n) is 4.48. The van der Waals surface area contributed by atoms with Gasteiger partial charge in [-0.05, 0) is 57.7 Å².